The Morgan fingerprint density at radius 1 is 1.07 bits per heavy atom. The maximum atomic E-state index is 11.5. The van der Waals surface area contributed by atoms with Crippen molar-refractivity contribution in [3.05, 3.63) is 0 Å². The molecule has 4 unspecified atom stereocenters. The Morgan fingerprint density at radius 2 is 1.60 bits per heavy atom. The van der Waals surface area contributed by atoms with E-state index in [1.165, 1.54) is 0 Å². The molecule has 2 bridgehead atoms. The molecule has 2 saturated carbocycles. The van der Waals surface area contributed by atoms with Gasteiger partial charge in [-0.15, -0.1) is 0 Å². The Hall–Kier alpha value is -1.72. The molecule has 0 aromatic rings. The average Bonchev–Trinajstić information content (AvgIpc) is 2.54. The second kappa shape index (κ2) is 2.88. The van der Waals surface area contributed by atoms with E-state index in [2.05, 4.69) is 0 Å². The summed E-state index contributed by atoms with van der Waals surface area (Å²) in [6.45, 7) is 0. The summed E-state index contributed by atoms with van der Waals surface area (Å²) in [5, 5.41) is 17.7. The van der Waals surface area contributed by atoms with Gasteiger partial charge in [0.2, 0.25) is 0 Å². The molecule has 0 radical (unpaired) electrons. The molecule has 2 fully saturated rings. The summed E-state index contributed by atoms with van der Waals surface area (Å²) in [7, 11) is 0. The third kappa shape index (κ3) is 1.10. The van der Waals surface area contributed by atoms with Crippen LogP contribution in [-0.4, -0.2) is 33.7 Å². The number of rotatable bonds is 2. The summed E-state index contributed by atoms with van der Waals surface area (Å²) >= 11 is 0. The number of carbonyl (C=O) groups is 4. The molecule has 15 heavy (non-hydrogen) atoms. The Labute approximate surface area is 83.9 Å². The standard InChI is InChI=1S/C9H8O6/c10-3-1-2-4(8(12)13)6(9(14)15)5(3)7(2)11/h2,4-6H,1H2,(H,12,13)(H,14,15). The van der Waals surface area contributed by atoms with Crippen molar-refractivity contribution in [3.8, 4) is 0 Å². The van der Waals surface area contributed by atoms with Crippen molar-refractivity contribution in [2.45, 2.75) is 6.42 Å². The van der Waals surface area contributed by atoms with Crippen LogP contribution in [0.4, 0.5) is 0 Å². The predicted octanol–water partition coefficient (Wildman–Crippen LogP) is -0.824. The van der Waals surface area contributed by atoms with Crippen LogP contribution in [0.2, 0.25) is 0 Å². The van der Waals surface area contributed by atoms with Crippen LogP contribution in [0.15, 0.2) is 0 Å². The van der Waals surface area contributed by atoms with Gasteiger partial charge in [0.25, 0.3) is 0 Å². The molecule has 2 rings (SSSR count). The Bertz CT molecular complexity index is 384. The number of aliphatic carboxylic acids is 2. The van der Waals surface area contributed by atoms with Crippen LogP contribution >= 0.6 is 0 Å². The summed E-state index contributed by atoms with van der Waals surface area (Å²) in [6.07, 6.45) is -0.121. The molecular weight excluding hydrogens is 204 g/mol. The van der Waals surface area contributed by atoms with E-state index in [9.17, 15) is 19.2 Å². The van der Waals surface area contributed by atoms with Gasteiger partial charge in [0.05, 0.1) is 17.8 Å². The molecule has 0 aromatic carbocycles. The lowest BCUT2D eigenvalue weighted by atomic mass is 9.79. The predicted molar refractivity (Wildman–Crippen MR) is 43.9 cm³/mol. The van der Waals surface area contributed by atoms with Gasteiger partial charge in [0, 0.05) is 12.3 Å². The van der Waals surface area contributed by atoms with E-state index < -0.39 is 47.2 Å². The van der Waals surface area contributed by atoms with Gasteiger partial charge in [0.15, 0.2) is 0 Å². The quantitative estimate of drug-likeness (QED) is 0.578. The minimum absolute atomic E-state index is 0.121. The van der Waals surface area contributed by atoms with Gasteiger partial charge in [-0.3, -0.25) is 19.2 Å². The van der Waals surface area contributed by atoms with Crippen LogP contribution in [-0.2, 0) is 19.2 Å². The van der Waals surface area contributed by atoms with Crippen molar-refractivity contribution in [2.24, 2.45) is 23.7 Å². The largest absolute Gasteiger partial charge is 0.481 e. The van der Waals surface area contributed by atoms with Crippen LogP contribution in [0.25, 0.3) is 0 Å². The van der Waals surface area contributed by atoms with Crippen LogP contribution in [0.1, 0.15) is 6.42 Å². The zero-order valence-electron chi connectivity index (χ0n) is 7.54. The fraction of sp³-hybridized carbons (Fsp3) is 0.556. The molecule has 2 aliphatic rings. The smallest absolute Gasteiger partial charge is 0.308 e. The monoisotopic (exact) mass is 212 g/mol. The first kappa shape index (κ1) is 9.82. The molecule has 6 nitrogen and oxygen atoms in total. The summed E-state index contributed by atoms with van der Waals surface area (Å²) in [4.78, 5) is 44.4. The highest BCUT2D eigenvalue weighted by atomic mass is 16.4. The summed E-state index contributed by atoms with van der Waals surface area (Å²) < 4.78 is 0. The fourth-order valence-electron chi connectivity index (χ4n) is 2.59. The van der Waals surface area contributed by atoms with Gasteiger partial charge in [-0.25, -0.2) is 0 Å². The third-order valence-electron chi connectivity index (χ3n) is 3.19. The number of hydrogen-bond donors (Lipinski definition) is 2. The molecule has 0 aromatic heterocycles. The normalized spacial score (nSPS) is 38.4. The molecule has 2 aliphatic carbocycles. The first-order chi connectivity index (χ1) is 6.95. The maximum Gasteiger partial charge on any atom is 0.308 e. The molecule has 0 amide bonds. The number of carboxylic acids is 2. The van der Waals surface area contributed by atoms with Crippen LogP contribution in [0.3, 0.4) is 0 Å². The number of carbonyl (C=O) groups excluding carboxylic acids is 2. The number of Topliss-reactive ketones (excluding diaryl/α,β-unsaturated/α-hetero) is 2. The van der Waals surface area contributed by atoms with Crippen LogP contribution in [0, 0.1) is 23.7 Å². The van der Waals surface area contributed by atoms with Crippen molar-refractivity contribution < 1.29 is 29.4 Å². The summed E-state index contributed by atoms with van der Waals surface area (Å²) in [5.74, 6) is -8.41. The van der Waals surface area contributed by atoms with Gasteiger partial charge >= 0.3 is 11.9 Å². The van der Waals surface area contributed by atoms with Crippen molar-refractivity contribution in [3.63, 3.8) is 0 Å². The minimum Gasteiger partial charge on any atom is -0.481 e. The maximum absolute atomic E-state index is 11.5. The van der Waals surface area contributed by atoms with Crippen LogP contribution < -0.4 is 0 Å². The Balaban J connectivity index is 2.44. The minimum atomic E-state index is -1.38. The molecule has 0 heterocycles. The number of fused-ring (bicyclic) bond motifs is 2. The van der Waals surface area contributed by atoms with E-state index in [0.717, 1.165) is 0 Å². The number of hydrogen-bond acceptors (Lipinski definition) is 4. The highest BCUT2D eigenvalue weighted by Crippen LogP contribution is 2.47. The highest BCUT2D eigenvalue weighted by Gasteiger charge is 2.63. The lowest BCUT2D eigenvalue weighted by Gasteiger charge is -2.21. The number of ketones is 2. The van der Waals surface area contributed by atoms with Gasteiger partial charge in [-0.2, -0.15) is 0 Å². The van der Waals surface area contributed by atoms with Gasteiger partial charge in [-0.05, 0) is 0 Å². The van der Waals surface area contributed by atoms with E-state index in [1.54, 1.807) is 0 Å². The average molecular weight is 212 g/mol. The summed E-state index contributed by atoms with van der Waals surface area (Å²) in [6, 6.07) is 0. The molecule has 0 spiro atoms. The molecule has 0 aliphatic heterocycles. The first-order valence-corrected chi connectivity index (χ1v) is 4.47. The van der Waals surface area contributed by atoms with Gasteiger partial charge in [0.1, 0.15) is 11.6 Å². The lowest BCUT2D eigenvalue weighted by molar-refractivity contribution is -0.158. The SMILES string of the molecule is O=C1CC2C(=O)C1C(C(=O)O)C2C(=O)O. The zero-order chi connectivity index (χ0) is 11.3. The molecule has 4 atom stereocenters. The van der Waals surface area contributed by atoms with E-state index in [-0.39, 0.29) is 6.42 Å². The second-order valence-electron chi connectivity index (χ2n) is 3.89. The third-order valence-corrected chi connectivity index (χ3v) is 3.19. The van der Waals surface area contributed by atoms with Gasteiger partial charge in [-0.1, -0.05) is 0 Å². The second-order valence-corrected chi connectivity index (χ2v) is 3.89. The molecule has 2 N–H and O–H groups in total. The van der Waals surface area contributed by atoms with Crippen molar-refractivity contribution >= 4 is 23.5 Å². The molecule has 6 heteroatoms. The lowest BCUT2D eigenvalue weighted by Crippen LogP contribution is -2.38. The fourth-order valence-corrected chi connectivity index (χ4v) is 2.59. The zero-order valence-corrected chi connectivity index (χ0v) is 7.54. The molecular formula is C9H8O6. The van der Waals surface area contributed by atoms with Gasteiger partial charge < -0.3 is 10.2 Å². The Kier molecular flexibility index (Phi) is 1.89. The van der Waals surface area contributed by atoms with Crippen molar-refractivity contribution in [1.82, 2.24) is 0 Å². The van der Waals surface area contributed by atoms with E-state index in [4.69, 9.17) is 10.2 Å². The van der Waals surface area contributed by atoms with Crippen molar-refractivity contribution in [2.75, 3.05) is 0 Å². The van der Waals surface area contributed by atoms with Crippen molar-refractivity contribution in [1.29, 1.82) is 0 Å². The molecule has 80 valence electrons. The highest BCUT2D eigenvalue weighted by molar-refractivity contribution is 6.16. The summed E-state index contributed by atoms with van der Waals surface area (Å²) in [5.41, 5.74) is 0. The number of carboxylic acid groups (broad SMARTS) is 2. The van der Waals surface area contributed by atoms with E-state index in [1.807, 2.05) is 0 Å². The van der Waals surface area contributed by atoms with E-state index >= 15 is 0 Å². The van der Waals surface area contributed by atoms with Crippen LogP contribution in [0.5, 0.6) is 0 Å². The molecule has 0 saturated heterocycles. The first-order valence-electron chi connectivity index (χ1n) is 4.47. The topological polar surface area (TPSA) is 109 Å². The Morgan fingerprint density at radius 3 is 2.07 bits per heavy atom. The van der Waals surface area contributed by atoms with E-state index in [0.29, 0.717) is 0 Å².